The van der Waals surface area contributed by atoms with Crippen LogP contribution in [0.25, 0.3) is 0 Å². The summed E-state index contributed by atoms with van der Waals surface area (Å²) < 4.78 is 18.1. The van der Waals surface area contributed by atoms with Crippen LogP contribution in [0, 0.1) is 5.82 Å². The number of methoxy groups -OCH3 is 1. The smallest absolute Gasteiger partial charge is 0.254 e. The van der Waals surface area contributed by atoms with Crippen molar-refractivity contribution in [1.29, 1.82) is 0 Å². The molecule has 0 saturated carbocycles. The lowest BCUT2D eigenvalue weighted by atomic mass is 10.1. The molecule has 0 aliphatic carbocycles. The predicted octanol–water partition coefficient (Wildman–Crippen LogP) is 1.95. The molecule has 154 valence electrons. The largest absolute Gasteiger partial charge is 0.497 e. The van der Waals surface area contributed by atoms with E-state index in [1.807, 2.05) is 11.0 Å². The minimum atomic E-state index is -0.262. The van der Waals surface area contributed by atoms with Gasteiger partial charge in [0.15, 0.2) is 0 Å². The monoisotopic (exact) mass is 399 g/mol. The van der Waals surface area contributed by atoms with Crippen molar-refractivity contribution in [3.8, 4) is 5.75 Å². The average Bonchev–Trinajstić information content (AvgIpc) is 2.75. The number of carbonyl (C=O) groups is 2. The van der Waals surface area contributed by atoms with Gasteiger partial charge in [-0.15, -0.1) is 0 Å². The molecule has 0 bridgehead atoms. The topological polar surface area (TPSA) is 61.9 Å². The Morgan fingerprint density at radius 3 is 2.48 bits per heavy atom. The summed E-state index contributed by atoms with van der Waals surface area (Å²) in [6, 6.07) is 13.4. The molecular formula is C22H26FN3O3. The zero-order chi connectivity index (χ0) is 20.6. The molecule has 1 fully saturated rings. The summed E-state index contributed by atoms with van der Waals surface area (Å²) in [5, 5.41) is 2.90. The van der Waals surface area contributed by atoms with Crippen molar-refractivity contribution in [2.45, 2.75) is 6.42 Å². The molecule has 1 saturated heterocycles. The number of hydrogen-bond donors (Lipinski definition) is 1. The molecule has 1 heterocycles. The van der Waals surface area contributed by atoms with Crippen molar-refractivity contribution in [3.05, 3.63) is 65.5 Å². The third-order valence-electron chi connectivity index (χ3n) is 4.99. The number of nitrogens with one attached hydrogen (secondary N) is 1. The highest BCUT2D eigenvalue weighted by molar-refractivity contribution is 5.94. The lowest BCUT2D eigenvalue weighted by Crippen LogP contribution is -2.51. The van der Waals surface area contributed by atoms with Gasteiger partial charge in [0.1, 0.15) is 11.6 Å². The van der Waals surface area contributed by atoms with Crippen molar-refractivity contribution >= 4 is 11.8 Å². The Morgan fingerprint density at radius 1 is 1.07 bits per heavy atom. The van der Waals surface area contributed by atoms with E-state index in [0.717, 1.165) is 5.56 Å². The number of carbonyl (C=O) groups excluding carboxylic acids is 2. The molecule has 1 aliphatic rings. The summed E-state index contributed by atoms with van der Waals surface area (Å²) in [5.41, 5.74) is 1.59. The molecule has 0 spiro atoms. The highest BCUT2D eigenvalue weighted by Gasteiger charge is 2.23. The fraction of sp³-hybridized carbons (Fsp3) is 0.364. The summed E-state index contributed by atoms with van der Waals surface area (Å²) >= 11 is 0. The van der Waals surface area contributed by atoms with Crippen LogP contribution in [-0.2, 0) is 11.2 Å². The maximum Gasteiger partial charge on any atom is 0.254 e. The van der Waals surface area contributed by atoms with Gasteiger partial charge in [0.25, 0.3) is 5.91 Å². The fourth-order valence-corrected chi connectivity index (χ4v) is 3.30. The molecule has 29 heavy (non-hydrogen) atoms. The molecule has 0 atom stereocenters. The Bertz CT molecular complexity index is 833. The SMILES string of the molecule is COc1cccc(C(=O)N2CCN(CC(=O)NCCc3ccc(F)cc3)CC2)c1. The van der Waals surface area contributed by atoms with E-state index in [9.17, 15) is 14.0 Å². The normalized spacial score (nSPS) is 14.5. The zero-order valence-corrected chi connectivity index (χ0v) is 16.6. The molecule has 0 unspecified atom stereocenters. The van der Waals surface area contributed by atoms with Gasteiger partial charge in [-0.25, -0.2) is 4.39 Å². The Labute approximate surface area is 170 Å². The number of ether oxygens (including phenoxy) is 1. The third kappa shape index (κ3) is 6.02. The summed E-state index contributed by atoms with van der Waals surface area (Å²) in [5.74, 6) is 0.334. The molecule has 0 radical (unpaired) electrons. The van der Waals surface area contributed by atoms with Crippen LogP contribution < -0.4 is 10.1 Å². The second kappa shape index (κ2) is 10.0. The van der Waals surface area contributed by atoms with Crippen LogP contribution in [-0.4, -0.2) is 68.0 Å². The Hall–Kier alpha value is -2.93. The number of piperazine rings is 1. The molecule has 3 rings (SSSR count). The Balaban J connectivity index is 1.39. The molecule has 2 amide bonds. The molecule has 2 aromatic carbocycles. The van der Waals surface area contributed by atoms with E-state index in [4.69, 9.17) is 4.74 Å². The van der Waals surface area contributed by atoms with E-state index in [-0.39, 0.29) is 17.6 Å². The van der Waals surface area contributed by atoms with Crippen LogP contribution in [0.4, 0.5) is 4.39 Å². The molecule has 6 nitrogen and oxygen atoms in total. The van der Waals surface area contributed by atoms with E-state index < -0.39 is 0 Å². The van der Waals surface area contributed by atoms with Gasteiger partial charge >= 0.3 is 0 Å². The maximum absolute atomic E-state index is 12.9. The van der Waals surface area contributed by atoms with Crippen LogP contribution in [0.5, 0.6) is 5.75 Å². The van der Waals surface area contributed by atoms with Crippen molar-refractivity contribution in [3.63, 3.8) is 0 Å². The van der Waals surface area contributed by atoms with Gasteiger partial charge in [0.2, 0.25) is 5.91 Å². The van der Waals surface area contributed by atoms with Gasteiger partial charge in [-0.1, -0.05) is 18.2 Å². The summed E-state index contributed by atoms with van der Waals surface area (Å²) in [6.45, 7) is 3.29. The van der Waals surface area contributed by atoms with E-state index in [0.29, 0.717) is 57.0 Å². The number of amides is 2. The molecule has 1 N–H and O–H groups in total. The Morgan fingerprint density at radius 2 is 1.79 bits per heavy atom. The van der Waals surface area contributed by atoms with Gasteiger partial charge in [-0.05, 0) is 42.3 Å². The zero-order valence-electron chi connectivity index (χ0n) is 16.6. The number of hydrogen-bond acceptors (Lipinski definition) is 4. The number of rotatable bonds is 7. The Kier molecular flexibility index (Phi) is 7.19. The highest BCUT2D eigenvalue weighted by atomic mass is 19.1. The first-order valence-electron chi connectivity index (χ1n) is 9.72. The second-order valence-electron chi connectivity index (χ2n) is 7.03. The fourth-order valence-electron chi connectivity index (χ4n) is 3.30. The van der Waals surface area contributed by atoms with Gasteiger partial charge < -0.3 is 15.0 Å². The van der Waals surface area contributed by atoms with Crippen molar-refractivity contribution in [1.82, 2.24) is 15.1 Å². The van der Waals surface area contributed by atoms with Crippen molar-refractivity contribution < 1.29 is 18.7 Å². The molecule has 2 aromatic rings. The van der Waals surface area contributed by atoms with Gasteiger partial charge in [0.05, 0.1) is 13.7 Å². The van der Waals surface area contributed by atoms with Gasteiger partial charge in [-0.2, -0.15) is 0 Å². The van der Waals surface area contributed by atoms with Gasteiger partial charge in [-0.3, -0.25) is 14.5 Å². The summed E-state index contributed by atoms with van der Waals surface area (Å²) in [4.78, 5) is 28.6. The van der Waals surface area contributed by atoms with Crippen molar-refractivity contribution in [2.75, 3.05) is 46.4 Å². The number of nitrogens with zero attached hydrogens (tertiary/aromatic N) is 2. The minimum absolute atomic E-state index is 0.0210. The minimum Gasteiger partial charge on any atom is -0.497 e. The van der Waals surface area contributed by atoms with Crippen LogP contribution >= 0.6 is 0 Å². The number of benzene rings is 2. The summed E-state index contributed by atoms with van der Waals surface area (Å²) in [7, 11) is 1.58. The molecule has 7 heteroatoms. The van der Waals surface area contributed by atoms with Gasteiger partial charge in [0, 0.05) is 38.3 Å². The van der Waals surface area contributed by atoms with E-state index in [1.165, 1.54) is 12.1 Å². The van der Waals surface area contributed by atoms with Crippen LogP contribution in [0.15, 0.2) is 48.5 Å². The first kappa shape index (κ1) is 20.8. The number of halogens is 1. The average molecular weight is 399 g/mol. The lowest BCUT2D eigenvalue weighted by molar-refractivity contribution is -0.122. The van der Waals surface area contributed by atoms with Crippen LogP contribution in [0.3, 0.4) is 0 Å². The van der Waals surface area contributed by atoms with E-state index in [2.05, 4.69) is 5.32 Å². The van der Waals surface area contributed by atoms with Crippen molar-refractivity contribution in [2.24, 2.45) is 0 Å². The molecule has 1 aliphatic heterocycles. The van der Waals surface area contributed by atoms with Crippen LogP contribution in [0.1, 0.15) is 15.9 Å². The molecule has 0 aromatic heterocycles. The second-order valence-corrected chi connectivity index (χ2v) is 7.03. The van der Waals surface area contributed by atoms with E-state index in [1.54, 1.807) is 42.3 Å². The first-order chi connectivity index (χ1) is 14.0. The quantitative estimate of drug-likeness (QED) is 0.773. The summed E-state index contributed by atoms with van der Waals surface area (Å²) in [6.07, 6.45) is 0.662. The first-order valence-corrected chi connectivity index (χ1v) is 9.72. The predicted molar refractivity (Wildman–Crippen MR) is 108 cm³/mol. The van der Waals surface area contributed by atoms with Crippen LogP contribution in [0.2, 0.25) is 0 Å². The third-order valence-corrected chi connectivity index (χ3v) is 4.99. The highest BCUT2D eigenvalue weighted by Crippen LogP contribution is 2.15. The standard InChI is InChI=1S/C22H26FN3O3/c1-29-20-4-2-3-18(15-20)22(28)26-13-11-25(12-14-26)16-21(27)24-10-9-17-5-7-19(23)8-6-17/h2-8,15H,9-14,16H2,1H3,(H,24,27). The molecular weight excluding hydrogens is 373 g/mol. The maximum atomic E-state index is 12.9. The van der Waals surface area contributed by atoms with E-state index >= 15 is 0 Å². The lowest BCUT2D eigenvalue weighted by Gasteiger charge is -2.34.